The van der Waals surface area contributed by atoms with Crippen LogP contribution in [0.4, 0.5) is 5.69 Å². The van der Waals surface area contributed by atoms with Gasteiger partial charge in [0.25, 0.3) is 11.8 Å². The molecule has 2 heterocycles. The number of rotatable bonds is 5. The number of carbonyl (C=O) groups is 2. The fourth-order valence-electron chi connectivity index (χ4n) is 4.51. The quantitative estimate of drug-likeness (QED) is 0.692. The van der Waals surface area contributed by atoms with E-state index in [1.165, 1.54) is 21.7 Å². The van der Waals surface area contributed by atoms with Crippen molar-refractivity contribution in [3.8, 4) is 0 Å². The van der Waals surface area contributed by atoms with Crippen LogP contribution in [0.3, 0.4) is 0 Å². The van der Waals surface area contributed by atoms with Crippen molar-refractivity contribution in [2.45, 2.75) is 34.1 Å². The molecule has 2 aliphatic rings. The molecule has 4 rings (SSSR count). The summed E-state index contributed by atoms with van der Waals surface area (Å²) < 4.78 is 0. The minimum atomic E-state index is -0.164. The van der Waals surface area contributed by atoms with Gasteiger partial charge in [-0.05, 0) is 49.9 Å². The Hall–Kier alpha value is -3.08. The van der Waals surface area contributed by atoms with Gasteiger partial charge in [-0.2, -0.15) is 0 Å². The molecule has 0 aliphatic carbocycles. The minimum Gasteiger partial charge on any atom is -0.368 e. The van der Waals surface area contributed by atoms with E-state index in [2.05, 4.69) is 41.8 Å². The summed E-state index contributed by atoms with van der Waals surface area (Å²) in [6.45, 7) is 11.9. The third-order valence-corrected chi connectivity index (χ3v) is 6.44. The highest BCUT2D eigenvalue weighted by atomic mass is 16.2. The number of carbonyl (C=O) groups excluding carboxylic acids is 2. The number of piperazine rings is 1. The van der Waals surface area contributed by atoms with Gasteiger partial charge in [-0.3, -0.25) is 14.5 Å². The lowest BCUT2D eigenvalue weighted by atomic mass is 10.0. The van der Waals surface area contributed by atoms with Crippen molar-refractivity contribution in [1.82, 2.24) is 9.80 Å². The monoisotopic (exact) mass is 417 g/mol. The van der Waals surface area contributed by atoms with Crippen LogP contribution in [0.15, 0.2) is 48.2 Å². The predicted molar refractivity (Wildman–Crippen MR) is 125 cm³/mol. The molecular formula is C26H31N3O2. The Balaban J connectivity index is 1.64. The SMILES string of the molecule is CCCN1C(=O)C(c2ccc(C)cc2)=C(N2CCN(c3cccc(C)c3C)CC2)C1=O. The maximum atomic E-state index is 13.3. The van der Waals surface area contributed by atoms with Crippen LogP contribution < -0.4 is 4.90 Å². The van der Waals surface area contributed by atoms with Gasteiger partial charge in [-0.25, -0.2) is 0 Å². The maximum Gasteiger partial charge on any atom is 0.277 e. The molecular weight excluding hydrogens is 386 g/mol. The smallest absolute Gasteiger partial charge is 0.277 e. The Labute approximate surface area is 184 Å². The van der Waals surface area contributed by atoms with E-state index in [0.29, 0.717) is 17.8 Å². The standard InChI is InChI=1S/C26H31N3O2/c1-5-13-29-25(30)23(21-11-9-18(2)10-12-21)24(26(29)31)28-16-14-27(15-17-28)22-8-6-7-19(3)20(22)4/h6-12H,5,13-17H2,1-4H3. The first-order valence-corrected chi connectivity index (χ1v) is 11.2. The summed E-state index contributed by atoms with van der Waals surface area (Å²) in [7, 11) is 0. The molecule has 2 aromatic rings. The average molecular weight is 418 g/mol. The summed E-state index contributed by atoms with van der Waals surface area (Å²) >= 11 is 0. The number of hydrogen-bond donors (Lipinski definition) is 0. The highest BCUT2D eigenvalue weighted by Crippen LogP contribution is 2.33. The molecule has 31 heavy (non-hydrogen) atoms. The number of amides is 2. The van der Waals surface area contributed by atoms with E-state index >= 15 is 0 Å². The van der Waals surface area contributed by atoms with Gasteiger partial charge in [0.05, 0.1) is 5.57 Å². The molecule has 162 valence electrons. The second kappa shape index (κ2) is 8.58. The second-order valence-corrected chi connectivity index (χ2v) is 8.54. The van der Waals surface area contributed by atoms with Gasteiger partial charge >= 0.3 is 0 Å². The molecule has 5 nitrogen and oxygen atoms in total. The second-order valence-electron chi connectivity index (χ2n) is 8.54. The summed E-state index contributed by atoms with van der Waals surface area (Å²) in [6.07, 6.45) is 0.756. The highest BCUT2D eigenvalue weighted by Gasteiger charge is 2.41. The van der Waals surface area contributed by atoms with Gasteiger partial charge < -0.3 is 9.80 Å². The van der Waals surface area contributed by atoms with Crippen molar-refractivity contribution in [3.05, 3.63) is 70.4 Å². The fourth-order valence-corrected chi connectivity index (χ4v) is 4.51. The lowest BCUT2D eigenvalue weighted by Crippen LogP contribution is -2.48. The van der Waals surface area contributed by atoms with Gasteiger partial charge in [0, 0.05) is 38.4 Å². The van der Waals surface area contributed by atoms with Crippen molar-refractivity contribution in [3.63, 3.8) is 0 Å². The van der Waals surface area contributed by atoms with Gasteiger partial charge in [0.1, 0.15) is 5.70 Å². The van der Waals surface area contributed by atoms with E-state index in [9.17, 15) is 9.59 Å². The van der Waals surface area contributed by atoms with E-state index in [0.717, 1.165) is 43.7 Å². The van der Waals surface area contributed by atoms with E-state index in [-0.39, 0.29) is 11.8 Å². The van der Waals surface area contributed by atoms with Crippen LogP contribution in [0.25, 0.3) is 5.57 Å². The summed E-state index contributed by atoms with van der Waals surface area (Å²) in [5, 5.41) is 0. The molecule has 0 N–H and O–H groups in total. The number of hydrogen-bond acceptors (Lipinski definition) is 4. The lowest BCUT2D eigenvalue weighted by Gasteiger charge is -2.38. The van der Waals surface area contributed by atoms with Gasteiger partial charge in [0.15, 0.2) is 0 Å². The number of anilines is 1. The van der Waals surface area contributed by atoms with E-state index < -0.39 is 0 Å². The number of aryl methyl sites for hydroxylation is 2. The molecule has 1 saturated heterocycles. The molecule has 5 heteroatoms. The zero-order chi connectivity index (χ0) is 22.1. The Morgan fingerprint density at radius 3 is 2.10 bits per heavy atom. The molecule has 0 radical (unpaired) electrons. The third-order valence-electron chi connectivity index (χ3n) is 6.44. The van der Waals surface area contributed by atoms with Crippen LogP contribution in [0.1, 0.15) is 35.6 Å². The summed E-state index contributed by atoms with van der Waals surface area (Å²) in [5.74, 6) is -0.315. The summed E-state index contributed by atoms with van der Waals surface area (Å²) in [6, 6.07) is 14.3. The van der Waals surface area contributed by atoms with E-state index in [4.69, 9.17) is 0 Å². The van der Waals surface area contributed by atoms with Crippen LogP contribution in [0, 0.1) is 20.8 Å². The number of nitrogens with zero attached hydrogens (tertiary/aromatic N) is 3. The third kappa shape index (κ3) is 3.85. The van der Waals surface area contributed by atoms with Crippen LogP contribution in [0.2, 0.25) is 0 Å². The van der Waals surface area contributed by atoms with Gasteiger partial charge in [0.2, 0.25) is 0 Å². The molecule has 0 bridgehead atoms. The van der Waals surface area contributed by atoms with Crippen molar-refractivity contribution in [1.29, 1.82) is 0 Å². The van der Waals surface area contributed by atoms with Gasteiger partial charge in [-0.1, -0.05) is 48.9 Å². The summed E-state index contributed by atoms with van der Waals surface area (Å²) in [4.78, 5) is 32.4. The van der Waals surface area contributed by atoms with Crippen LogP contribution in [0.5, 0.6) is 0 Å². The first-order chi connectivity index (χ1) is 14.9. The first kappa shape index (κ1) is 21.2. The van der Waals surface area contributed by atoms with Crippen LogP contribution >= 0.6 is 0 Å². The molecule has 0 saturated carbocycles. The Kier molecular flexibility index (Phi) is 5.86. The lowest BCUT2D eigenvalue weighted by molar-refractivity contribution is -0.137. The Bertz CT molecular complexity index is 1030. The molecule has 0 spiro atoms. The Morgan fingerprint density at radius 1 is 0.806 bits per heavy atom. The van der Waals surface area contributed by atoms with Crippen molar-refractivity contribution >= 4 is 23.1 Å². The van der Waals surface area contributed by atoms with E-state index in [1.54, 1.807) is 0 Å². The largest absolute Gasteiger partial charge is 0.368 e. The maximum absolute atomic E-state index is 13.3. The number of benzene rings is 2. The molecule has 1 fully saturated rings. The molecule has 0 unspecified atom stereocenters. The topological polar surface area (TPSA) is 43.9 Å². The number of imide groups is 1. The highest BCUT2D eigenvalue weighted by molar-refractivity contribution is 6.35. The first-order valence-electron chi connectivity index (χ1n) is 11.2. The fraction of sp³-hybridized carbons (Fsp3) is 0.385. The molecule has 2 aliphatic heterocycles. The van der Waals surface area contributed by atoms with Crippen LogP contribution in [-0.4, -0.2) is 54.3 Å². The van der Waals surface area contributed by atoms with E-state index in [1.807, 2.05) is 38.1 Å². The van der Waals surface area contributed by atoms with Crippen molar-refractivity contribution < 1.29 is 9.59 Å². The molecule has 2 amide bonds. The Morgan fingerprint density at radius 2 is 1.45 bits per heavy atom. The van der Waals surface area contributed by atoms with Crippen molar-refractivity contribution in [2.75, 3.05) is 37.6 Å². The molecule has 0 atom stereocenters. The van der Waals surface area contributed by atoms with Crippen LogP contribution in [-0.2, 0) is 9.59 Å². The zero-order valence-electron chi connectivity index (χ0n) is 18.9. The zero-order valence-corrected chi connectivity index (χ0v) is 18.9. The normalized spacial score (nSPS) is 17.2. The van der Waals surface area contributed by atoms with Crippen molar-refractivity contribution in [2.24, 2.45) is 0 Å². The predicted octanol–water partition coefficient (Wildman–Crippen LogP) is 3.92. The molecule has 2 aromatic carbocycles. The molecule has 0 aromatic heterocycles. The minimum absolute atomic E-state index is 0.150. The average Bonchev–Trinajstić information content (AvgIpc) is 3.01. The van der Waals surface area contributed by atoms with Gasteiger partial charge in [-0.15, -0.1) is 0 Å². The summed E-state index contributed by atoms with van der Waals surface area (Å²) in [5.41, 5.74) is 6.94.